The lowest BCUT2D eigenvalue weighted by Crippen LogP contribution is -2.01. The molecule has 0 aliphatic heterocycles. The van der Waals surface area contributed by atoms with E-state index in [0.717, 1.165) is 33.4 Å². The molecule has 5 heteroatoms. The largest absolute Gasteiger partial charge is 0.208 e. The molecule has 0 aliphatic rings. The van der Waals surface area contributed by atoms with Crippen molar-refractivity contribution in [1.82, 2.24) is 15.0 Å². The van der Waals surface area contributed by atoms with Crippen LogP contribution in [0.5, 0.6) is 0 Å². The predicted molar refractivity (Wildman–Crippen MR) is 213 cm³/mol. The van der Waals surface area contributed by atoms with Crippen molar-refractivity contribution in [3.63, 3.8) is 0 Å². The minimum atomic E-state index is 0.647. The van der Waals surface area contributed by atoms with Gasteiger partial charge in [0, 0.05) is 68.2 Å². The number of fused-ring (bicyclic) bond motifs is 6. The Bertz CT molecular complexity index is 2810. The van der Waals surface area contributed by atoms with Gasteiger partial charge in [0.2, 0.25) is 0 Å². The van der Waals surface area contributed by atoms with Gasteiger partial charge in [0.05, 0.1) is 0 Å². The second-order valence-electron chi connectivity index (χ2n) is 12.4. The van der Waals surface area contributed by atoms with Crippen LogP contribution >= 0.6 is 22.7 Å². The van der Waals surface area contributed by atoms with Crippen molar-refractivity contribution in [1.29, 1.82) is 0 Å². The van der Waals surface area contributed by atoms with Crippen molar-refractivity contribution in [3.05, 3.63) is 164 Å². The Morgan fingerprint density at radius 2 is 0.840 bits per heavy atom. The SMILES string of the molecule is c1ccc(-c2nc(-c3ccccc3)nc(-c3cccc(-c4cccc5c4sc4ccccc45)c3-c3ccc4sc5ccccc5c4c3)n2)cc1. The summed E-state index contributed by atoms with van der Waals surface area (Å²) in [5.74, 6) is 1.95. The van der Waals surface area contributed by atoms with Crippen LogP contribution in [-0.4, -0.2) is 15.0 Å². The lowest BCUT2D eigenvalue weighted by molar-refractivity contribution is 1.07. The molecule has 7 aromatic carbocycles. The lowest BCUT2D eigenvalue weighted by atomic mass is 9.89. The average molecular weight is 674 g/mol. The second-order valence-corrected chi connectivity index (χ2v) is 14.5. The first-order valence-electron chi connectivity index (χ1n) is 16.6. The van der Waals surface area contributed by atoms with Crippen molar-refractivity contribution in [2.75, 3.05) is 0 Å². The fourth-order valence-corrected chi connectivity index (χ4v) is 9.36. The van der Waals surface area contributed by atoms with E-state index in [2.05, 4.69) is 127 Å². The Morgan fingerprint density at radius 3 is 1.56 bits per heavy atom. The summed E-state index contributed by atoms with van der Waals surface area (Å²) in [4.78, 5) is 15.4. The van der Waals surface area contributed by atoms with Gasteiger partial charge in [-0.25, -0.2) is 15.0 Å². The lowest BCUT2D eigenvalue weighted by Gasteiger charge is -2.17. The van der Waals surface area contributed by atoms with Crippen LogP contribution in [0.15, 0.2) is 164 Å². The van der Waals surface area contributed by atoms with E-state index in [1.165, 1.54) is 45.9 Å². The fraction of sp³-hybridized carbons (Fsp3) is 0. The number of hydrogen-bond acceptors (Lipinski definition) is 5. The Morgan fingerprint density at radius 1 is 0.320 bits per heavy atom. The summed E-state index contributed by atoms with van der Waals surface area (Å²) in [6.07, 6.45) is 0. The molecule has 0 saturated heterocycles. The molecular weight excluding hydrogens is 647 g/mol. The number of thiophene rings is 2. The molecule has 0 N–H and O–H groups in total. The number of benzene rings is 7. The summed E-state index contributed by atoms with van der Waals surface area (Å²) in [7, 11) is 0. The molecule has 10 rings (SSSR count). The molecule has 0 unspecified atom stereocenters. The topological polar surface area (TPSA) is 38.7 Å². The zero-order valence-corrected chi connectivity index (χ0v) is 28.4. The van der Waals surface area contributed by atoms with E-state index >= 15 is 0 Å². The molecule has 3 heterocycles. The first-order chi connectivity index (χ1) is 24.8. The molecule has 0 saturated carbocycles. The zero-order chi connectivity index (χ0) is 33.0. The van der Waals surface area contributed by atoms with Gasteiger partial charge in [-0.3, -0.25) is 0 Å². The van der Waals surface area contributed by atoms with Gasteiger partial charge in [-0.1, -0.05) is 140 Å². The molecule has 0 amide bonds. The second kappa shape index (κ2) is 11.8. The molecule has 10 aromatic rings. The maximum absolute atomic E-state index is 5.20. The molecule has 0 fully saturated rings. The van der Waals surface area contributed by atoms with Gasteiger partial charge < -0.3 is 0 Å². The van der Waals surface area contributed by atoms with Crippen LogP contribution < -0.4 is 0 Å². The maximum Gasteiger partial charge on any atom is 0.164 e. The van der Waals surface area contributed by atoms with Gasteiger partial charge >= 0.3 is 0 Å². The van der Waals surface area contributed by atoms with E-state index in [9.17, 15) is 0 Å². The third-order valence-electron chi connectivity index (χ3n) is 9.36. The van der Waals surface area contributed by atoms with E-state index < -0.39 is 0 Å². The van der Waals surface area contributed by atoms with E-state index in [0.29, 0.717) is 17.5 Å². The van der Waals surface area contributed by atoms with Crippen LogP contribution in [0.1, 0.15) is 0 Å². The highest BCUT2D eigenvalue weighted by Gasteiger charge is 2.21. The molecule has 50 heavy (non-hydrogen) atoms. The highest BCUT2D eigenvalue weighted by atomic mass is 32.1. The highest BCUT2D eigenvalue weighted by molar-refractivity contribution is 7.26. The van der Waals surface area contributed by atoms with Crippen molar-refractivity contribution in [2.24, 2.45) is 0 Å². The number of aromatic nitrogens is 3. The Balaban J connectivity index is 1.29. The van der Waals surface area contributed by atoms with Crippen LogP contribution in [-0.2, 0) is 0 Å². The molecule has 3 aromatic heterocycles. The molecule has 3 nitrogen and oxygen atoms in total. The van der Waals surface area contributed by atoms with Crippen LogP contribution in [0.3, 0.4) is 0 Å². The van der Waals surface area contributed by atoms with Crippen LogP contribution in [0.2, 0.25) is 0 Å². The van der Waals surface area contributed by atoms with Crippen molar-refractivity contribution in [2.45, 2.75) is 0 Å². The average Bonchev–Trinajstić information content (AvgIpc) is 3.76. The van der Waals surface area contributed by atoms with Crippen molar-refractivity contribution in [3.8, 4) is 56.4 Å². The van der Waals surface area contributed by atoms with E-state index in [1.54, 1.807) is 0 Å². The molecular formula is C45H27N3S2. The summed E-state index contributed by atoms with van der Waals surface area (Å²) in [6, 6.07) is 57.9. The summed E-state index contributed by atoms with van der Waals surface area (Å²) < 4.78 is 5.13. The van der Waals surface area contributed by atoms with Gasteiger partial charge in [0.15, 0.2) is 17.5 Å². The number of rotatable bonds is 5. The molecule has 0 atom stereocenters. The highest BCUT2D eigenvalue weighted by Crippen LogP contribution is 2.47. The van der Waals surface area contributed by atoms with Gasteiger partial charge in [0.1, 0.15) is 0 Å². The molecule has 234 valence electrons. The fourth-order valence-electron chi connectivity index (χ4n) is 7.04. The quantitative estimate of drug-likeness (QED) is 0.182. The van der Waals surface area contributed by atoms with Crippen LogP contribution in [0.4, 0.5) is 0 Å². The molecule has 0 bridgehead atoms. The first-order valence-corrected chi connectivity index (χ1v) is 18.2. The molecule has 0 radical (unpaired) electrons. The smallest absolute Gasteiger partial charge is 0.164 e. The van der Waals surface area contributed by atoms with Gasteiger partial charge in [-0.2, -0.15) is 0 Å². The summed E-state index contributed by atoms with van der Waals surface area (Å²) in [5.41, 5.74) is 7.47. The zero-order valence-electron chi connectivity index (χ0n) is 26.7. The standard InChI is InChI=1S/C45H27N3S2/c1-3-13-28(14-4-1)43-46-44(29-15-5-2-6-16-29)48-45(47-43)36-22-11-19-33(35-21-12-20-34-31-17-7-10-24-39(31)50-42(34)35)41(36)30-25-26-40-37(27-30)32-18-8-9-23-38(32)49-40/h1-27H. The normalized spacial score (nSPS) is 11.6. The van der Waals surface area contributed by atoms with Crippen LogP contribution in [0, 0.1) is 0 Å². The van der Waals surface area contributed by atoms with E-state index in [-0.39, 0.29) is 0 Å². The molecule has 0 spiro atoms. The van der Waals surface area contributed by atoms with Crippen LogP contribution in [0.25, 0.3) is 96.8 Å². The van der Waals surface area contributed by atoms with Gasteiger partial charge in [-0.15, -0.1) is 22.7 Å². The van der Waals surface area contributed by atoms with Crippen molar-refractivity contribution < 1.29 is 0 Å². The maximum atomic E-state index is 5.20. The third-order valence-corrected chi connectivity index (χ3v) is 11.7. The Labute approximate surface area is 296 Å². The number of hydrogen-bond donors (Lipinski definition) is 0. The summed E-state index contributed by atoms with van der Waals surface area (Å²) >= 11 is 3.69. The minimum Gasteiger partial charge on any atom is -0.208 e. The van der Waals surface area contributed by atoms with Gasteiger partial charge in [0.25, 0.3) is 0 Å². The first kappa shape index (κ1) is 29.0. The predicted octanol–water partition coefficient (Wildman–Crippen LogP) is 12.9. The summed E-state index contributed by atoms with van der Waals surface area (Å²) in [5, 5.41) is 5.10. The monoisotopic (exact) mass is 673 g/mol. The Kier molecular flexibility index (Phi) is 6.86. The van der Waals surface area contributed by atoms with E-state index in [4.69, 9.17) is 15.0 Å². The Hall–Kier alpha value is -6.01. The minimum absolute atomic E-state index is 0.647. The third kappa shape index (κ3) is 4.82. The number of nitrogens with zero attached hydrogens (tertiary/aromatic N) is 3. The van der Waals surface area contributed by atoms with E-state index in [1.807, 2.05) is 59.1 Å². The molecule has 0 aliphatic carbocycles. The van der Waals surface area contributed by atoms with Crippen molar-refractivity contribution >= 4 is 63.0 Å². The van der Waals surface area contributed by atoms with Gasteiger partial charge in [-0.05, 0) is 35.4 Å². The summed E-state index contributed by atoms with van der Waals surface area (Å²) in [6.45, 7) is 0.